The smallest absolute Gasteiger partial charge is 0.338 e. The van der Waals surface area contributed by atoms with Gasteiger partial charge in [0.2, 0.25) is 5.78 Å². The number of benzene rings is 2. The Morgan fingerprint density at radius 3 is 2.64 bits per heavy atom. The predicted molar refractivity (Wildman–Crippen MR) is 106 cm³/mol. The quantitative estimate of drug-likeness (QED) is 0.477. The summed E-state index contributed by atoms with van der Waals surface area (Å²) in [5.41, 5.74) is 1.72. The highest BCUT2D eigenvalue weighted by atomic mass is 35.5. The third-order valence-corrected chi connectivity index (χ3v) is 5.17. The van der Waals surface area contributed by atoms with Gasteiger partial charge in [-0.25, -0.2) is 4.79 Å². The van der Waals surface area contributed by atoms with Gasteiger partial charge in [-0.15, -0.1) is 10.2 Å². The van der Waals surface area contributed by atoms with Crippen LogP contribution in [-0.4, -0.2) is 25.1 Å². The summed E-state index contributed by atoms with van der Waals surface area (Å²) in [5, 5.41) is 9.32. The Bertz CT molecular complexity index is 1310. The first-order valence-electron chi connectivity index (χ1n) is 8.32. The van der Waals surface area contributed by atoms with E-state index < -0.39 is 5.97 Å². The standard InChI is InChI=1S/C19H14Cl2N4O3/c1-10-3-6-15-12(7-10)17(26)24(2)19-23-22-16(25(15)19)9-28-18(27)11-4-5-13(20)14(21)8-11/h3-8H,9H2,1-2H3. The van der Waals surface area contributed by atoms with Crippen LogP contribution in [0.5, 0.6) is 0 Å². The second-order valence-corrected chi connectivity index (χ2v) is 7.16. The topological polar surface area (TPSA) is 78.5 Å². The maximum Gasteiger partial charge on any atom is 0.338 e. The maximum atomic E-state index is 12.6. The highest BCUT2D eigenvalue weighted by Gasteiger charge is 2.17. The van der Waals surface area contributed by atoms with Crippen molar-refractivity contribution in [2.24, 2.45) is 7.05 Å². The lowest BCUT2D eigenvalue weighted by molar-refractivity contribution is 0.0461. The Morgan fingerprint density at radius 2 is 1.89 bits per heavy atom. The normalized spacial score (nSPS) is 11.3. The molecule has 0 unspecified atom stereocenters. The van der Waals surface area contributed by atoms with Gasteiger partial charge in [-0.2, -0.15) is 0 Å². The number of aryl methyl sites for hydroxylation is 2. The fourth-order valence-corrected chi connectivity index (χ4v) is 3.29. The van der Waals surface area contributed by atoms with Crippen molar-refractivity contribution in [2.45, 2.75) is 13.5 Å². The zero-order chi connectivity index (χ0) is 20.0. The van der Waals surface area contributed by atoms with Crippen molar-refractivity contribution in [1.29, 1.82) is 0 Å². The number of nitrogens with zero attached hydrogens (tertiary/aromatic N) is 4. The highest BCUT2D eigenvalue weighted by molar-refractivity contribution is 6.42. The van der Waals surface area contributed by atoms with Crippen LogP contribution in [0.15, 0.2) is 41.2 Å². The molecule has 0 radical (unpaired) electrons. The van der Waals surface area contributed by atoms with Gasteiger partial charge in [0.25, 0.3) is 5.56 Å². The lowest BCUT2D eigenvalue weighted by atomic mass is 10.1. The van der Waals surface area contributed by atoms with E-state index in [2.05, 4.69) is 10.2 Å². The van der Waals surface area contributed by atoms with Crippen LogP contribution in [0.1, 0.15) is 21.7 Å². The number of carbonyl (C=O) groups excluding carboxylic acids is 1. The number of fused-ring (bicyclic) bond motifs is 3. The Hall–Kier alpha value is -2.90. The molecule has 0 fully saturated rings. The Morgan fingerprint density at radius 1 is 1.11 bits per heavy atom. The van der Waals surface area contributed by atoms with Crippen LogP contribution in [0.2, 0.25) is 10.0 Å². The average Bonchev–Trinajstić information content (AvgIpc) is 3.10. The third-order valence-electron chi connectivity index (χ3n) is 4.43. The van der Waals surface area contributed by atoms with E-state index in [4.69, 9.17) is 27.9 Å². The summed E-state index contributed by atoms with van der Waals surface area (Å²) in [6.45, 7) is 1.79. The van der Waals surface area contributed by atoms with Gasteiger partial charge < -0.3 is 4.74 Å². The van der Waals surface area contributed by atoms with Gasteiger partial charge in [-0.3, -0.25) is 13.8 Å². The van der Waals surface area contributed by atoms with Crippen molar-refractivity contribution in [3.8, 4) is 0 Å². The van der Waals surface area contributed by atoms with E-state index >= 15 is 0 Å². The summed E-state index contributed by atoms with van der Waals surface area (Å²) in [6, 6.07) is 10.0. The number of aromatic nitrogens is 4. The van der Waals surface area contributed by atoms with Crippen LogP contribution in [0.4, 0.5) is 0 Å². The van der Waals surface area contributed by atoms with Gasteiger partial charge in [0.15, 0.2) is 12.4 Å². The first-order valence-corrected chi connectivity index (χ1v) is 9.08. The van der Waals surface area contributed by atoms with E-state index in [0.29, 0.717) is 27.5 Å². The third kappa shape index (κ3) is 3.02. The number of carbonyl (C=O) groups is 1. The van der Waals surface area contributed by atoms with Gasteiger partial charge in [0.1, 0.15) is 0 Å². The van der Waals surface area contributed by atoms with Gasteiger partial charge in [-0.05, 0) is 37.3 Å². The number of rotatable bonds is 3. The fourth-order valence-electron chi connectivity index (χ4n) is 2.99. The minimum absolute atomic E-state index is 0.124. The molecule has 4 rings (SSSR count). The molecule has 2 aromatic carbocycles. The molecule has 142 valence electrons. The van der Waals surface area contributed by atoms with Crippen molar-refractivity contribution >= 4 is 45.9 Å². The molecule has 0 N–H and O–H groups in total. The second-order valence-electron chi connectivity index (χ2n) is 6.34. The fraction of sp³-hybridized carbons (Fsp3) is 0.158. The van der Waals surface area contributed by atoms with Crippen LogP contribution in [0.25, 0.3) is 16.7 Å². The molecule has 0 saturated heterocycles. The van der Waals surface area contributed by atoms with E-state index in [1.54, 1.807) is 11.4 Å². The minimum atomic E-state index is -0.569. The molecule has 9 heteroatoms. The lowest BCUT2D eigenvalue weighted by Gasteiger charge is -2.09. The average molecular weight is 417 g/mol. The maximum absolute atomic E-state index is 12.6. The van der Waals surface area contributed by atoms with Gasteiger partial charge in [-0.1, -0.05) is 34.8 Å². The predicted octanol–water partition coefficient (Wildman–Crippen LogP) is 3.55. The molecule has 0 aliphatic carbocycles. The number of ether oxygens (including phenoxy) is 1. The molecule has 0 aliphatic heterocycles. The first kappa shape index (κ1) is 18.5. The van der Waals surface area contributed by atoms with Crippen molar-refractivity contribution in [2.75, 3.05) is 0 Å². The summed E-state index contributed by atoms with van der Waals surface area (Å²) >= 11 is 11.8. The molecular weight excluding hydrogens is 403 g/mol. The van der Waals surface area contributed by atoms with Crippen molar-refractivity contribution < 1.29 is 9.53 Å². The molecule has 2 aromatic heterocycles. The lowest BCUT2D eigenvalue weighted by Crippen LogP contribution is -2.20. The van der Waals surface area contributed by atoms with Gasteiger partial charge >= 0.3 is 5.97 Å². The monoisotopic (exact) mass is 416 g/mol. The van der Waals surface area contributed by atoms with E-state index in [-0.39, 0.29) is 22.8 Å². The molecule has 0 bridgehead atoms. The Kier molecular flexibility index (Phi) is 4.56. The molecule has 0 saturated carbocycles. The zero-order valence-corrected chi connectivity index (χ0v) is 16.5. The molecule has 28 heavy (non-hydrogen) atoms. The van der Waals surface area contributed by atoms with E-state index in [1.165, 1.54) is 22.8 Å². The van der Waals surface area contributed by atoms with Crippen LogP contribution < -0.4 is 5.56 Å². The highest BCUT2D eigenvalue weighted by Crippen LogP contribution is 2.23. The van der Waals surface area contributed by atoms with E-state index in [1.807, 2.05) is 25.1 Å². The minimum Gasteiger partial charge on any atom is -0.454 e. The molecule has 0 spiro atoms. The summed E-state index contributed by atoms with van der Waals surface area (Å²) < 4.78 is 8.49. The van der Waals surface area contributed by atoms with E-state index in [0.717, 1.165) is 5.56 Å². The summed E-state index contributed by atoms with van der Waals surface area (Å²) in [6.07, 6.45) is 0. The van der Waals surface area contributed by atoms with Crippen molar-refractivity contribution in [3.63, 3.8) is 0 Å². The van der Waals surface area contributed by atoms with Crippen LogP contribution in [-0.2, 0) is 18.4 Å². The zero-order valence-electron chi connectivity index (χ0n) is 14.9. The first-order chi connectivity index (χ1) is 13.4. The Labute approximate surface area is 169 Å². The van der Waals surface area contributed by atoms with Gasteiger partial charge in [0, 0.05) is 7.05 Å². The number of hydrogen-bond acceptors (Lipinski definition) is 5. The molecule has 0 amide bonds. The van der Waals surface area contributed by atoms with Crippen LogP contribution >= 0.6 is 23.2 Å². The summed E-state index contributed by atoms with van der Waals surface area (Å²) in [7, 11) is 1.62. The summed E-state index contributed by atoms with van der Waals surface area (Å²) in [5.74, 6) is 0.190. The largest absolute Gasteiger partial charge is 0.454 e. The molecule has 2 heterocycles. The molecule has 4 aromatic rings. The Balaban J connectivity index is 1.73. The number of esters is 1. The van der Waals surface area contributed by atoms with Crippen molar-refractivity contribution in [3.05, 3.63) is 73.7 Å². The molecule has 7 nitrogen and oxygen atoms in total. The summed E-state index contributed by atoms with van der Waals surface area (Å²) in [4.78, 5) is 24.9. The molecule has 0 atom stereocenters. The van der Waals surface area contributed by atoms with E-state index in [9.17, 15) is 9.59 Å². The number of hydrogen-bond donors (Lipinski definition) is 0. The molecular formula is C19H14Cl2N4O3. The van der Waals surface area contributed by atoms with Crippen molar-refractivity contribution in [1.82, 2.24) is 19.2 Å². The van der Waals surface area contributed by atoms with Crippen LogP contribution in [0.3, 0.4) is 0 Å². The molecule has 0 aliphatic rings. The SMILES string of the molecule is Cc1ccc2c(c1)c(=O)n(C)c1nnc(COC(=O)c3ccc(Cl)c(Cl)c3)n21. The van der Waals surface area contributed by atoms with Gasteiger partial charge in [0.05, 0.1) is 26.5 Å². The second kappa shape index (κ2) is 6.92. The van der Waals surface area contributed by atoms with Crippen LogP contribution in [0, 0.1) is 6.92 Å². The number of halogens is 2.